The van der Waals surface area contributed by atoms with Gasteiger partial charge < -0.3 is 5.11 Å². The van der Waals surface area contributed by atoms with Crippen LogP contribution in [0.25, 0.3) is 0 Å². The van der Waals surface area contributed by atoms with E-state index in [0.717, 1.165) is 19.3 Å². The van der Waals surface area contributed by atoms with E-state index in [1.165, 1.54) is 22.3 Å². The zero-order chi connectivity index (χ0) is 14.5. The van der Waals surface area contributed by atoms with Gasteiger partial charge in [0.25, 0.3) is 0 Å². The molecule has 0 aliphatic rings. The molecule has 0 aliphatic carbocycles. The molecule has 0 amide bonds. The van der Waals surface area contributed by atoms with Gasteiger partial charge >= 0.3 is 0 Å². The van der Waals surface area contributed by atoms with Crippen LogP contribution in [0.15, 0.2) is 42.5 Å². The number of rotatable bonds is 5. The second-order valence-electron chi connectivity index (χ2n) is 5.97. The van der Waals surface area contributed by atoms with Gasteiger partial charge in [0, 0.05) is 0 Å². The molecule has 0 heterocycles. The molecule has 106 valence electrons. The monoisotopic (exact) mass is 268 g/mol. The smallest absolute Gasteiger partial charge is 0.115 e. The van der Waals surface area contributed by atoms with E-state index < -0.39 is 0 Å². The first-order valence-corrected chi connectivity index (χ1v) is 7.41. The lowest BCUT2D eigenvalue weighted by atomic mass is 9.93. The molecular formula is C19H24O. The third-order valence-corrected chi connectivity index (χ3v) is 3.81. The summed E-state index contributed by atoms with van der Waals surface area (Å²) in [5, 5.41) is 9.31. The number of phenols is 1. The SMILES string of the molecule is Cc1c(CCc2ccc(O)cc2)cccc1CC(C)C. The van der Waals surface area contributed by atoms with Gasteiger partial charge in [-0.3, -0.25) is 0 Å². The number of benzene rings is 2. The minimum Gasteiger partial charge on any atom is -0.508 e. The zero-order valence-electron chi connectivity index (χ0n) is 12.7. The lowest BCUT2D eigenvalue weighted by molar-refractivity contribution is 0.475. The fraction of sp³-hybridized carbons (Fsp3) is 0.368. The van der Waals surface area contributed by atoms with Crippen LogP contribution in [0.1, 0.15) is 36.1 Å². The van der Waals surface area contributed by atoms with Crippen molar-refractivity contribution in [1.82, 2.24) is 0 Å². The van der Waals surface area contributed by atoms with Crippen molar-refractivity contribution in [1.29, 1.82) is 0 Å². The first-order chi connectivity index (χ1) is 9.56. The Bertz CT molecular complexity index is 552. The minimum absolute atomic E-state index is 0.337. The van der Waals surface area contributed by atoms with Gasteiger partial charge in [-0.05, 0) is 66.5 Å². The molecular weight excluding hydrogens is 244 g/mol. The van der Waals surface area contributed by atoms with Gasteiger partial charge in [0.05, 0.1) is 0 Å². The molecule has 20 heavy (non-hydrogen) atoms. The topological polar surface area (TPSA) is 20.2 Å². The predicted octanol–water partition coefficient (Wildman–Crippen LogP) is 4.68. The molecule has 2 aromatic carbocycles. The zero-order valence-corrected chi connectivity index (χ0v) is 12.7. The lowest BCUT2D eigenvalue weighted by Gasteiger charge is -2.13. The average Bonchev–Trinajstić information content (AvgIpc) is 2.41. The van der Waals surface area contributed by atoms with Crippen LogP contribution in [0.2, 0.25) is 0 Å². The molecule has 1 N–H and O–H groups in total. The van der Waals surface area contributed by atoms with Gasteiger partial charge in [0.1, 0.15) is 5.75 Å². The summed E-state index contributed by atoms with van der Waals surface area (Å²) in [4.78, 5) is 0. The highest BCUT2D eigenvalue weighted by Gasteiger charge is 2.06. The first kappa shape index (κ1) is 14.6. The maximum absolute atomic E-state index is 9.31. The fourth-order valence-corrected chi connectivity index (χ4v) is 2.61. The largest absolute Gasteiger partial charge is 0.508 e. The van der Waals surface area contributed by atoms with Crippen LogP contribution < -0.4 is 0 Å². The number of aryl methyl sites for hydroxylation is 2. The van der Waals surface area contributed by atoms with Gasteiger partial charge in [0.2, 0.25) is 0 Å². The Balaban J connectivity index is 2.07. The first-order valence-electron chi connectivity index (χ1n) is 7.41. The molecule has 0 radical (unpaired) electrons. The van der Waals surface area contributed by atoms with Crippen molar-refractivity contribution in [2.45, 2.75) is 40.0 Å². The normalized spacial score (nSPS) is 11.0. The summed E-state index contributed by atoms with van der Waals surface area (Å²) in [7, 11) is 0. The standard InChI is InChI=1S/C19H24O/c1-14(2)13-18-6-4-5-17(15(18)3)10-7-16-8-11-19(20)12-9-16/h4-6,8-9,11-12,14,20H,7,10,13H2,1-3H3. The molecule has 2 aromatic rings. The van der Waals surface area contributed by atoms with Crippen LogP contribution in [0.3, 0.4) is 0 Å². The predicted molar refractivity (Wildman–Crippen MR) is 85.2 cm³/mol. The summed E-state index contributed by atoms with van der Waals surface area (Å²) in [6, 6.07) is 14.2. The fourth-order valence-electron chi connectivity index (χ4n) is 2.61. The van der Waals surface area contributed by atoms with Crippen LogP contribution in [-0.4, -0.2) is 5.11 Å². The average molecular weight is 268 g/mol. The third kappa shape index (κ3) is 3.86. The molecule has 0 bridgehead atoms. The Hall–Kier alpha value is -1.76. The molecule has 0 atom stereocenters. The maximum atomic E-state index is 9.31. The quantitative estimate of drug-likeness (QED) is 0.834. The van der Waals surface area contributed by atoms with Crippen molar-refractivity contribution in [2.24, 2.45) is 5.92 Å². The molecule has 0 saturated carbocycles. The number of aromatic hydroxyl groups is 1. The van der Waals surface area contributed by atoms with E-state index in [9.17, 15) is 5.11 Å². The van der Waals surface area contributed by atoms with Crippen LogP contribution in [0.4, 0.5) is 0 Å². The Morgan fingerprint density at radius 2 is 1.55 bits per heavy atom. The van der Waals surface area contributed by atoms with Crippen LogP contribution >= 0.6 is 0 Å². The van der Waals surface area contributed by atoms with Crippen molar-refractivity contribution in [2.75, 3.05) is 0 Å². The van der Waals surface area contributed by atoms with Gasteiger partial charge in [-0.25, -0.2) is 0 Å². The highest BCUT2D eigenvalue weighted by atomic mass is 16.3. The Labute approximate surface area is 122 Å². The number of hydrogen-bond acceptors (Lipinski definition) is 1. The van der Waals surface area contributed by atoms with Gasteiger partial charge in [-0.15, -0.1) is 0 Å². The molecule has 0 aromatic heterocycles. The van der Waals surface area contributed by atoms with E-state index in [2.05, 4.69) is 39.0 Å². The third-order valence-electron chi connectivity index (χ3n) is 3.81. The van der Waals surface area contributed by atoms with E-state index in [0.29, 0.717) is 11.7 Å². The summed E-state index contributed by atoms with van der Waals surface area (Å²) in [6.45, 7) is 6.77. The van der Waals surface area contributed by atoms with Gasteiger partial charge in [-0.1, -0.05) is 44.2 Å². The lowest BCUT2D eigenvalue weighted by Crippen LogP contribution is -2.01. The molecule has 0 spiro atoms. The Kier molecular flexibility index (Phi) is 4.84. The number of hydrogen-bond donors (Lipinski definition) is 1. The Morgan fingerprint density at radius 3 is 2.20 bits per heavy atom. The van der Waals surface area contributed by atoms with Crippen molar-refractivity contribution in [3.05, 3.63) is 64.7 Å². The van der Waals surface area contributed by atoms with Crippen LogP contribution in [0.5, 0.6) is 5.75 Å². The van der Waals surface area contributed by atoms with Crippen molar-refractivity contribution >= 4 is 0 Å². The molecule has 0 fully saturated rings. The van der Waals surface area contributed by atoms with E-state index in [-0.39, 0.29) is 0 Å². The van der Waals surface area contributed by atoms with Gasteiger partial charge in [0.15, 0.2) is 0 Å². The van der Waals surface area contributed by atoms with E-state index in [4.69, 9.17) is 0 Å². The van der Waals surface area contributed by atoms with E-state index >= 15 is 0 Å². The van der Waals surface area contributed by atoms with Gasteiger partial charge in [-0.2, -0.15) is 0 Å². The highest BCUT2D eigenvalue weighted by Crippen LogP contribution is 2.19. The summed E-state index contributed by atoms with van der Waals surface area (Å²) >= 11 is 0. The van der Waals surface area contributed by atoms with Crippen molar-refractivity contribution < 1.29 is 5.11 Å². The summed E-state index contributed by atoms with van der Waals surface area (Å²) in [6.07, 6.45) is 3.23. The second kappa shape index (κ2) is 6.60. The minimum atomic E-state index is 0.337. The van der Waals surface area contributed by atoms with Crippen LogP contribution in [-0.2, 0) is 19.3 Å². The molecule has 1 nitrogen and oxygen atoms in total. The molecule has 2 rings (SSSR count). The Morgan fingerprint density at radius 1 is 0.900 bits per heavy atom. The second-order valence-corrected chi connectivity index (χ2v) is 5.97. The van der Waals surface area contributed by atoms with Crippen molar-refractivity contribution in [3.8, 4) is 5.75 Å². The summed E-state index contributed by atoms with van der Waals surface area (Å²) in [5.74, 6) is 1.03. The van der Waals surface area contributed by atoms with Crippen LogP contribution in [0, 0.1) is 12.8 Å². The van der Waals surface area contributed by atoms with Crippen molar-refractivity contribution in [3.63, 3.8) is 0 Å². The molecule has 0 aliphatic heterocycles. The van der Waals surface area contributed by atoms with E-state index in [1.54, 1.807) is 12.1 Å². The van der Waals surface area contributed by atoms with E-state index in [1.807, 2.05) is 12.1 Å². The molecule has 0 saturated heterocycles. The molecule has 1 heteroatoms. The molecule has 0 unspecified atom stereocenters. The maximum Gasteiger partial charge on any atom is 0.115 e. The number of phenolic OH excluding ortho intramolecular Hbond substituents is 1. The highest BCUT2D eigenvalue weighted by molar-refractivity contribution is 5.35. The summed E-state index contributed by atoms with van der Waals surface area (Å²) < 4.78 is 0. The summed E-state index contributed by atoms with van der Waals surface area (Å²) in [5.41, 5.74) is 5.64.